The third-order valence-electron chi connectivity index (χ3n) is 5.34. The van der Waals surface area contributed by atoms with Crippen molar-refractivity contribution in [3.63, 3.8) is 0 Å². The van der Waals surface area contributed by atoms with Crippen LogP contribution in [0.4, 0.5) is 0 Å². The van der Waals surface area contributed by atoms with E-state index >= 15 is 0 Å². The number of methoxy groups -OCH3 is 1. The van der Waals surface area contributed by atoms with Gasteiger partial charge in [-0.2, -0.15) is 0 Å². The minimum Gasteiger partial charge on any atom is -0.497 e. The Morgan fingerprint density at radius 2 is 1.67 bits per heavy atom. The van der Waals surface area contributed by atoms with Gasteiger partial charge in [-0.15, -0.1) is 0 Å². The zero-order chi connectivity index (χ0) is 24.1. The molecule has 1 atom stereocenters. The molecule has 33 heavy (non-hydrogen) atoms. The first kappa shape index (κ1) is 26.5. The lowest BCUT2D eigenvalue weighted by molar-refractivity contribution is -0.141. The van der Waals surface area contributed by atoms with E-state index in [1.54, 1.807) is 36.3 Å². The number of carbonyl (C=O) groups excluding carboxylic acids is 2. The van der Waals surface area contributed by atoms with Crippen LogP contribution in [0, 0.1) is 0 Å². The van der Waals surface area contributed by atoms with Gasteiger partial charge in [0.05, 0.1) is 13.7 Å². The standard InChI is InChI=1S/C26H35ClN2O4/c1-4-6-17-28-26(31)24(5-2)29(19-20-9-13-22(32-3)14-10-20)25(30)8-7-18-33-23-15-11-21(27)12-16-23/h9-16,24H,4-8,17-19H2,1-3H3,(H,28,31). The molecule has 0 saturated heterocycles. The Morgan fingerprint density at radius 1 is 1.00 bits per heavy atom. The normalized spacial score (nSPS) is 11.5. The Labute approximate surface area is 202 Å². The van der Waals surface area contributed by atoms with Crippen molar-refractivity contribution in [1.82, 2.24) is 10.2 Å². The number of amides is 2. The Balaban J connectivity index is 2.03. The molecule has 0 aromatic heterocycles. The average Bonchev–Trinajstić information content (AvgIpc) is 2.83. The third-order valence-corrected chi connectivity index (χ3v) is 5.60. The lowest BCUT2D eigenvalue weighted by atomic mass is 10.1. The van der Waals surface area contributed by atoms with E-state index in [1.807, 2.05) is 31.2 Å². The fourth-order valence-corrected chi connectivity index (χ4v) is 3.57. The SMILES string of the molecule is CCCCNC(=O)C(CC)N(Cc1ccc(OC)cc1)C(=O)CCCOc1ccc(Cl)cc1. The quantitative estimate of drug-likeness (QED) is 0.380. The Bertz CT molecular complexity index is 856. The predicted molar refractivity (Wildman–Crippen MR) is 132 cm³/mol. The van der Waals surface area contributed by atoms with E-state index in [0.29, 0.717) is 49.7 Å². The summed E-state index contributed by atoms with van der Waals surface area (Å²) in [4.78, 5) is 27.8. The largest absolute Gasteiger partial charge is 0.497 e. The van der Waals surface area contributed by atoms with Crippen molar-refractivity contribution in [2.24, 2.45) is 0 Å². The number of unbranched alkanes of at least 4 members (excludes halogenated alkanes) is 1. The minimum atomic E-state index is -0.520. The van der Waals surface area contributed by atoms with E-state index in [1.165, 1.54) is 0 Å². The minimum absolute atomic E-state index is 0.0667. The molecule has 0 spiro atoms. The smallest absolute Gasteiger partial charge is 0.242 e. The van der Waals surface area contributed by atoms with E-state index < -0.39 is 6.04 Å². The molecule has 0 aliphatic carbocycles. The number of hydrogen-bond acceptors (Lipinski definition) is 4. The van der Waals surface area contributed by atoms with Gasteiger partial charge in [-0.25, -0.2) is 0 Å². The first-order valence-corrected chi connectivity index (χ1v) is 11.9. The van der Waals surface area contributed by atoms with Gasteiger partial charge in [0.15, 0.2) is 0 Å². The van der Waals surface area contributed by atoms with Crippen LogP contribution < -0.4 is 14.8 Å². The van der Waals surface area contributed by atoms with Crippen molar-refractivity contribution in [2.45, 2.75) is 58.5 Å². The molecule has 7 heteroatoms. The number of nitrogens with zero attached hydrogens (tertiary/aromatic N) is 1. The Morgan fingerprint density at radius 3 is 2.27 bits per heavy atom. The molecule has 0 heterocycles. The van der Waals surface area contributed by atoms with Crippen LogP contribution in [0.5, 0.6) is 11.5 Å². The molecule has 0 radical (unpaired) electrons. The highest BCUT2D eigenvalue weighted by molar-refractivity contribution is 6.30. The first-order chi connectivity index (χ1) is 16.0. The van der Waals surface area contributed by atoms with Gasteiger partial charge >= 0.3 is 0 Å². The fraction of sp³-hybridized carbons (Fsp3) is 0.462. The Hall–Kier alpha value is -2.73. The van der Waals surface area contributed by atoms with Gasteiger partial charge in [-0.1, -0.05) is 44.0 Å². The molecule has 0 aliphatic rings. The molecule has 0 fully saturated rings. The third kappa shape index (κ3) is 8.97. The molecule has 6 nitrogen and oxygen atoms in total. The van der Waals surface area contributed by atoms with Crippen LogP contribution in [-0.2, 0) is 16.1 Å². The van der Waals surface area contributed by atoms with Crippen LogP contribution in [0.1, 0.15) is 51.5 Å². The lowest BCUT2D eigenvalue weighted by Crippen LogP contribution is -2.49. The summed E-state index contributed by atoms with van der Waals surface area (Å²) in [7, 11) is 1.62. The molecule has 2 amide bonds. The topological polar surface area (TPSA) is 67.9 Å². The van der Waals surface area contributed by atoms with Crippen LogP contribution in [-0.4, -0.2) is 43.0 Å². The molecule has 0 bridgehead atoms. The van der Waals surface area contributed by atoms with Crippen molar-refractivity contribution in [2.75, 3.05) is 20.3 Å². The van der Waals surface area contributed by atoms with Gasteiger partial charge in [0, 0.05) is 24.5 Å². The number of nitrogens with one attached hydrogen (secondary N) is 1. The molecular formula is C26H35ClN2O4. The second kappa shape index (κ2) is 14.4. The number of hydrogen-bond donors (Lipinski definition) is 1. The lowest BCUT2D eigenvalue weighted by Gasteiger charge is -2.31. The molecule has 1 unspecified atom stereocenters. The van der Waals surface area contributed by atoms with Crippen LogP contribution in [0.15, 0.2) is 48.5 Å². The highest BCUT2D eigenvalue weighted by Gasteiger charge is 2.28. The zero-order valence-electron chi connectivity index (χ0n) is 19.8. The van der Waals surface area contributed by atoms with E-state index in [4.69, 9.17) is 21.1 Å². The second-order valence-corrected chi connectivity index (χ2v) is 8.28. The van der Waals surface area contributed by atoms with Crippen molar-refractivity contribution < 1.29 is 19.1 Å². The summed E-state index contributed by atoms with van der Waals surface area (Å²) in [5.74, 6) is 1.29. The highest BCUT2D eigenvalue weighted by Crippen LogP contribution is 2.18. The number of ether oxygens (including phenoxy) is 2. The van der Waals surface area contributed by atoms with Crippen molar-refractivity contribution >= 4 is 23.4 Å². The summed E-state index contributed by atoms with van der Waals surface area (Å²) < 4.78 is 10.9. The van der Waals surface area contributed by atoms with Crippen LogP contribution in [0.3, 0.4) is 0 Å². The maximum Gasteiger partial charge on any atom is 0.242 e. The molecule has 2 aromatic rings. The average molecular weight is 475 g/mol. The van der Waals surface area contributed by atoms with Crippen molar-refractivity contribution in [1.29, 1.82) is 0 Å². The monoisotopic (exact) mass is 474 g/mol. The second-order valence-electron chi connectivity index (χ2n) is 7.84. The summed E-state index contributed by atoms with van der Waals surface area (Å²) in [6, 6.07) is 14.2. The molecule has 2 rings (SSSR count). The van der Waals surface area contributed by atoms with Crippen LogP contribution in [0.2, 0.25) is 5.02 Å². The molecule has 0 saturated carbocycles. The van der Waals surface area contributed by atoms with Gasteiger partial charge in [0.1, 0.15) is 17.5 Å². The maximum atomic E-state index is 13.2. The number of carbonyl (C=O) groups is 2. The van der Waals surface area contributed by atoms with Gasteiger partial charge in [-0.3, -0.25) is 9.59 Å². The van der Waals surface area contributed by atoms with Crippen molar-refractivity contribution in [3.05, 3.63) is 59.1 Å². The molecular weight excluding hydrogens is 440 g/mol. The molecule has 0 aliphatic heterocycles. The summed E-state index contributed by atoms with van der Waals surface area (Å²) in [6.07, 6.45) is 3.30. The molecule has 1 N–H and O–H groups in total. The molecule has 180 valence electrons. The zero-order valence-corrected chi connectivity index (χ0v) is 20.6. The van der Waals surface area contributed by atoms with E-state index in [9.17, 15) is 9.59 Å². The van der Waals surface area contributed by atoms with Gasteiger partial charge in [-0.05, 0) is 61.2 Å². The van der Waals surface area contributed by atoms with E-state index in [0.717, 1.165) is 24.2 Å². The number of halogens is 1. The van der Waals surface area contributed by atoms with E-state index in [2.05, 4.69) is 12.2 Å². The van der Waals surface area contributed by atoms with E-state index in [-0.39, 0.29) is 11.8 Å². The Kier molecular flexibility index (Phi) is 11.6. The van der Waals surface area contributed by atoms with Gasteiger partial charge in [0.25, 0.3) is 0 Å². The van der Waals surface area contributed by atoms with Gasteiger partial charge in [0.2, 0.25) is 11.8 Å². The fourth-order valence-electron chi connectivity index (χ4n) is 3.44. The summed E-state index contributed by atoms with van der Waals surface area (Å²) in [6.45, 7) is 5.40. The number of rotatable bonds is 14. The highest BCUT2D eigenvalue weighted by atomic mass is 35.5. The summed E-state index contributed by atoms with van der Waals surface area (Å²) in [5.41, 5.74) is 0.946. The van der Waals surface area contributed by atoms with Crippen LogP contribution in [0.25, 0.3) is 0 Å². The predicted octanol–water partition coefficient (Wildman–Crippen LogP) is 5.23. The molecule has 2 aromatic carbocycles. The van der Waals surface area contributed by atoms with Gasteiger partial charge < -0.3 is 19.7 Å². The first-order valence-electron chi connectivity index (χ1n) is 11.6. The van der Waals surface area contributed by atoms with Crippen LogP contribution >= 0.6 is 11.6 Å². The summed E-state index contributed by atoms with van der Waals surface area (Å²) in [5, 5.41) is 3.63. The number of benzene rings is 2. The van der Waals surface area contributed by atoms with Crippen molar-refractivity contribution in [3.8, 4) is 11.5 Å². The summed E-state index contributed by atoms with van der Waals surface area (Å²) >= 11 is 5.90. The maximum absolute atomic E-state index is 13.2.